The highest BCUT2D eigenvalue weighted by molar-refractivity contribution is 5.57. The highest BCUT2D eigenvalue weighted by atomic mass is 19.1. The van der Waals surface area contributed by atoms with Gasteiger partial charge in [-0.2, -0.15) is 0 Å². The maximum atomic E-state index is 12.8. The summed E-state index contributed by atoms with van der Waals surface area (Å²) < 4.78 is 12.8. The van der Waals surface area contributed by atoms with E-state index in [4.69, 9.17) is 5.11 Å². The average molecular weight is 168 g/mol. The Bertz CT molecular complexity index is 308. The van der Waals surface area contributed by atoms with Gasteiger partial charge in [-0.05, 0) is 18.6 Å². The fourth-order valence-corrected chi connectivity index (χ4v) is 1.05. The Morgan fingerprint density at radius 1 is 1.58 bits per heavy atom. The van der Waals surface area contributed by atoms with E-state index in [1.165, 1.54) is 6.07 Å². The predicted molar refractivity (Wildman–Crippen MR) is 42.6 cm³/mol. The third-order valence-electron chi connectivity index (χ3n) is 1.59. The summed E-state index contributed by atoms with van der Waals surface area (Å²) in [5.74, 6) is -1.10. The molecule has 0 unspecified atom stereocenters. The molecule has 0 amide bonds. The van der Waals surface area contributed by atoms with Gasteiger partial charge in [0.1, 0.15) is 6.29 Å². The number of aldehydes is 1. The number of aromatic hydroxyl groups is 1. The number of carbonyl (C=O) groups is 1. The van der Waals surface area contributed by atoms with E-state index in [0.29, 0.717) is 17.4 Å². The van der Waals surface area contributed by atoms with Crippen molar-refractivity contribution >= 4 is 6.29 Å². The van der Waals surface area contributed by atoms with Crippen LogP contribution >= 0.6 is 0 Å². The fourth-order valence-electron chi connectivity index (χ4n) is 1.05. The molecular formula is C9H9FO2. The lowest BCUT2D eigenvalue weighted by Crippen LogP contribution is -1.91. The van der Waals surface area contributed by atoms with Gasteiger partial charge in [-0.15, -0.1) is 0 Å². The van der Waals surface area contributed by atoms with E-state index in [2.05, 4.69) is 0 Å². The Hall–Kier alpha value is -1.38. The highest BCUT2D eigenvalue weighted by Crippen LogP contribution is 2.22. The van der Waals surface area contributed by atoms with Crippen LogP contribution < -0.4 is 0 Å². The SMILES string of the molecule is Cc1cc(F)c(O)c(CC=O)c1. The van der Waals surface area contributed by atoms with Crippen LogP contribution in [0.2, 0.25) is 0 Å². The van der Waals surface area contributed by atoms with Crippen molar-refractivity contribution in [2.24, 2.45) is 0 Å². The Balaban J connectivity index is 3.17. The Labute approximate surface area is 69.6 Å². The summed E-state index contributed by atoms with van der Waals surface area (Å²) in [5, 5.41) is 9.12. The van der Waals surface area contributed by atoms with Crippen LogP contribution in [0.5, 0.6) is 5.75 Å². The second kappa shape index (κ2) is 3.34. The molecule has 1 N–H and O–H groups in total. The maximum Gasteiger partial charge on any atom is 0.165 e. The molecule has 64 valence electrons. The number of benzene rings is 1. The van der Waals surface area contributed by atoms with Gasteiger partial charge in [-0.1, -0.05) is 6.07 Å². The van der Waals surface area contributed by atoms with E-state index in [1.807, 2.05) is 0 Å². The summed E-state index contributed by atoms with van der Waals surface area (Å²) >= 11 is 0. The topological polar surface area (TPSA) is 37.3 Å². The van der Waals surface area contributed by atoms with Crippen LogP contribution in [-0.2, 0) is 11.2 Å². The summed E-state index contributed by atoms with van der Waals surface area (Å²) in [6, 6.07) is 2.82. The largest absolute Gasteiger partial charge is 0.505 e. The van der Waals surface area contributed by atoms with Gasteiger partial charge >= 0.3 is 0 Å². The summed E-state index contributed by atoms with van der Waals surface area (Å²) in [7, 11) is 0. The van der Waals surface area contributed by atoms with Crippen molar-refractivity contribution in [2.75, 3.05) is 0 Å². The molecule has 0 saturated carbocycles. The van der Waals surface area contributed by atoms with E-state index in [0.717, 1.165) is 0 Å². The molecule has 0 aliphatic heterocycles. The predicted octanol–water partition coefficient (Wildman–Crippen LogP) is 1.58. The molecule has 1 aromatic carbocycles. The maximum absolute atomic E-state index is 12.8. The number of hydrogen-bond donors (Lipinski definition) is 1. The first-order chi connectivity index (χ1) is 5.65. The Kier molecular flexibility index (Phi) is 2.43. The number of hydrogen-bond acceptors (Lipinski definition) is 2. The molecule has 0 aliphatic carbocycles. The van der Waals surface area contributed by atoms with Crippen LogP contribution in [0.1, 0.15) is 11.1 Å². The van der Waals surface area contributed by atoms with Gasteiger partial charge in [0.15, 0.2) is 11.6 Å². The lowest BCUT2D eigenvalue weighted by atomic mass is 10.1. The van der Waals surface area contributed by atoms with E-state index >= 15 is 0 Å². The summed E-state index contributed by atoms with van der Waals surface area (Å²) in [6.07, 6.45) is 0.679. The molecule has 0 bridgehead atoms. The Morgan fingerprint density at radius 3 is 2.83 bits per heavy atom. The molecule has 1 aromatic rings. The van der Waals surface area contributed by atoms with Gasteiger partial charge in [0, 0.05) is 12.0 Å². The summed E-state index contributed by atoms with van der Waals surface area (Å²) in [6.45, 7) is 1.71. The molecule has 2 nitrogen and oxygen atoms in total. The molecule has 0 spiro atoms. The molecule has 0 heterocycles. The third-order valence-corrected chi connectivity index (χ3v) is 1.59. The van der Waals surface area contributed by atoms with Gasteiger partial charge in [-0.3, -0.25) is 0 Å². The second-order valence-corrected chi connectivity index (χ2v) is 2.63. The van der Waals surface area contributed by atoms with Gasteiger partial charge in [0.25, 0.3) is 0 Å². The van der Waals surface area contributed by atoms with Crippen molar-refractivity contribution in [3.63, 3.8) is 0 Å². The number of carbonyl (C=O) groups excluding carboxylic acids is 1. The molecule has 1 rings (SSSR count). The van der Waals surface area contributed by atoms with Crippen molar-refractivity contribution in [1.82, 2.24) is 0 Å². The molecule has 0 radical (unpaired) electrons. The van der Waals surface area contributed by atoms with Gasteiger partial charge in [0.2, 0.25) is 0 Å². The zero-order chi connectivity index (χ0) is 9.14. The van der Waals surface area contributed by atoms with Crippen molar-refractivity contribution in [3.8, 4) is 5.75 Å². The molecule has 0 atom stereocenters. The average Bonchev–Trinajstić information content (AvgIpc) is 2.00. The van der Waals surface area contributed by atoms with Crippen LogP contribution in [0.4, 0.5) is 4.39 Å². The number of aryl methyl sites for hydroxylation is 1. The van der Waals surface area contributed by atoms with Crippen LogP contribution in [0.3, 0.4) is 0 Å². The minimum absolute atomic E-state index is 0.0461. The summed E-state index contributed by atoms with van der Waals surface area (Å²) in [5.41, 5.74) is 1.03. The van der Waals surface area contributed by atoms with E-state index in [1.54, 1.807) is 13.0 Å². The number of rotatable bonds is 2. The highest BCUT2D eigenvalue weighted by Gasteiger charge is 2.06. The van der Waals surface area contributed by atoms with Crippen LogP contribution in [-0.4, -0.2) is 11.4 Å². The first-order valence-corrected chi connectivity index (χ1v) is 3.56. The van der Waals surface area contributed by atoms with Crippen LogP contribution in [0, 0.1) is 12.7 Å². The smallest absolute Gasteiger partial charge is 0.165 e. The zero-order valence-electron chi connectivity index (χ0n) is 6.67. The molecule has 12 heavy (non-hydrogen) atoms. The first-order valence-electron chi connectivity index (χ1n) is 3.56. The molecule has 0 aliphatic rings. The standard InChI is InChI=1S/C9H9FO2/c1-6-4-7(2-3-11)9(12)8(10)5-6/h3-5,12H,2H2,1H3. The minimum atomic E-state index is -0.674. The molecule has 0 aromatic heterocycles. The lowest BCUT2D eigenvalue weighted by Gasteiger charge is -2.02. The molecule has 0 fully saturated rings. The van der Waals surface area contributed by atoms with Crippen molar-refractivity contribution in [2.45, 2.75) is 13.3 Å². The summed E-state index contributed by atoms with van der Waals surface area (Å²) in [4.78, 5) is 10.1. The van der Waals surface area contributed by atoms with Gasteiger partial charge < -0.3 is 9.90 Å². The lowest BCUT2D eigenvalue weighted by molar-refractivity contribution is -0.107. The Morgan fingerprint density at radius 2 is 2.25 bits per heavy atom. The van der Waals surface area contributed by atoms with Crippen molar-refractivity contribution in [1.29, 1.82) is 0 Å². The fraction of sp³-hybridized carbons (Fsp3) is 0.222. The van der Waals surface area contributed by atoms with Crippen LogP contribution in [0.25, 0.3) is 0 Å². The zero-order valence-corrected chi connectivity index (χ0v) is 6.67. The van der Waals surface area contributed by atoms with Gasteiger partial charge in [-0.25, -0.2) is 4.39 Å². The second-order valence-electron chi connectivity index (χ2n) is 2.63. The molecule has 0 saturated heterocycles. The van der Waals surface area contributed by atoms with E-state index in [9.17, 15) is 9.18 Å². The molecule has 3 heteroatoms. The van der Waals surface area contributed by atoms with Crippen LogP contribution in [0.15, 0.2) is 12.1 Å². The van der Waals surface area contributed by atoms with Crippen molar-refractivity contribution < 1.29 is 14.3 Å². The first kappa shape index (κ1) is 8.71. The quantitative estimate of drug-likeness (QED) is 0.681. The number of halogens is 1. The van der Waals surface area contributed by atoms with Gasteiger partial charge in [0.05, 0.1) is 0 Å². The monoisotopic (exact) mass is 168 g/mol. The molecular weight excluding hydrogens is 159 g/mol. The number of phenolic OH excluding ortho intramolecular Hbond substituents is 1. The third kappa shape index (κ3) is 1.61. The van der Waals surface area contributed by atoms with Crippen molar-refractivity contribution in [3.05, 3.63) is 29.1 Å². The normalized spacial score (nSPS) is 9.83. The minimum Gasteiger partial charge on any atom is -0.505 e. The van der Waals surface area contributed by atoms with E-state index in [-0.39, 0.29) is 6.42 Å². The number of phenols is 1. The van der Waals surface area contributed by atoms with E-state index < -0.39 is 11.6 Å².